The van der Waals surface area contributed by atoms with Gasteiger partial charge in [0.25, 0.3) is 0 Å². The molecule has 0 atom stereocenters. The molecule has 0 saturated heterocycles. The number of nitrogens with one attached hydrogen (secondary N) is 1. The Labute approximate surface area is 130 Å². The van der Waals surface area contributed by atoms with Gasteiger partial charge in [0.2, 0.25) is 0 Å². The van der Waals surface area contributed by atoms with Crippen LogP contribution in [0, 0.1) is 0 Å². The van der Waals surface area contributed by atoms with Crippen molar-refractivity contribution in [1.29, 1.82) is 0 Å². The zero-order valence-electron chi connectivity index (χ0n) is 11.9. The zero-order valence-corrected chi connectivity index (χ0v) is 14.3. The van der Waals surface area contributed by atoms with Gasteiger partial charge in [-0.15, -0.1) is 11.8 Å². The maximum absolute atomic E-state index is 3.61. The zero-order chi connectivity index (χ0) is 13.7. The fraction of sp³-hybridized carbons (Fsp3) is 0.625. The van der Waals surface area contributed by atoms with Crippen LogP contribution in [0.25, 0.3) is 0 Å². The van der Waals surface area contributed by atoms with Gasteiger partial charge < -0.3 is 5.32 Å². The van der Waals surface area contributed by atoms with E-state index in [0.29, 0.717) is 6.04 Å². The topological polar surface area (TPSA) is 12.0 Å². The van der Waals surface area contributed by atoms with Crippen molar-refractivity contribution in [2.75, 3.05) is 0 Å². The van der Waals surface area contributed by atoms with E-state index in [1.54, 1.807) is 0 Å². The van der Waals surface area contributed by atoms with Gasteiger partial charge in [-0.25, -0.2) is 0 Å². The molecule has 3 heteroatoms. The van der Waals surface area contributed by atoms with Gasteiger partial charge in [0, 0.05) is 27.2 Å². The molecule has 1 aliphatic carbocycles. The number of thioether (sulfide) groups is 1. The molecule has 0 unspecified atom stereocenters. The van der Waals surface area contributed by atoms with Crippen LogP contribution in [0.5, 0.6) is 0 Å². The third-order valence-electron chi connectivity index (χ3n) is 3.58. The molecule has 1 N–H and O–H groups in total. The number of hydrogen-bond donors (Lipinski definition) is 1. The van der Waals surface area contributed by atoms with Gasteiger partial charge in [0.05, 0.1) is 0 Å². The average Bonchev–Trinajstić information content (AvgIpc) is 2.39. The van der Waals surface area contributed by atoms with Crippen molar-refractivity contribution in [1.82, 2.24) is 5.32 Å². The fourth-order valence-electron chi connectivity index (χ4n) is 2.46. The van der Waals surface area contributed by atoms with Crippen LogP contribution in [0.1, 0.15) is 51.5 Å². The Bertz CT molecular complexity index is 400. The van der Waals surface area contributed by atoms with Crippen molar-refractivity contribution in [2.24, 2.45) is 0 Å². The van der Waals surface area contributed by atoms with Crippen molar-refractivity contribution in [3.63, 3.8) is 0 Å². The van der Waals surface area contributed by atoms with Crippen LogP contribution in [0.3, 0.4) is 0 Å². The summed E-state index contributed by atoms with van der Waals surface area (Å²) < 4.78 is 1.19. The lowest BCUT2D eigenvalue weighted by Crippen LogP contribution is -2.22. The molecule has 1 aliphatic rings. The molecule has 19 heavy (non-hydrogen) atoms. The summed E-state index contributed by atoms with van der Waals surface area (Å²) in [6.07, 6.45) is 7.01. The minimum atomic E-state index is 0.538. The number of hydrogen-bond acceptors (Lipinski definition) is 2. The van der Waals surface area contributed by atoms with E-state index in [2.05, 4.69) is 65.1 Å². The molecule has 1 aromatic rings. The SMILES string of the molecule is CC(C)NCc1ccc(Br)cc1SC1CCCCC1. The van der Waals surface area contributed by atoms with Crippen molar-refractivity contribution in [3.05, 3.63) is 28.2 Å². The summed E-state index contributed by atoms with van der Waals surface area (Å²) in [5, 5.41) is 4.35. The molecule has 0 bridgehead atoms. The van der Waals surface area contributed by atoms with E-state index in [-0.39, 0.29) is 0 Å². The third-order valence-corrected chi connectivity index (χ3v) is 5.51. The van der Waals surface area contributed by atoms with Gasteiger partial charge in [-0.1, -0.05) is 55.1 Å². The van der Waals surface area contributed by atoms with Crippen molar-refractivity contribution < 1.29 is 0 Å². The van der Waals surface area contributed by atoms with Crippen LogP contribution in [-0.2, 0) is 6.54 Å². The minimum Gasteiger partial charge on any atom is -0.310 e. The summed E-state index contributed by atoms with van der Waals surface area (Å²) in [4.78, 5) is 1.45. The number of rotatable bonds is 5. The van der Waals surface area contributed by atoms with Gasteiger partial charge in [0.1, 0.15) is 0 Å². The number of benzene rings is 1. The molecule has 2 rings (SSSR count). The third kappa shape index (κ3) is 5.13. The quantitative estimate of drug-likeness (QED) is 0.772. The van der Waals surface area contributed by atoms with Crippen LogP contribution < -0.4 is 5.32 Å². The molecule has 1 nitrogen and oxygen atoms in total. The Balaban J connectivity index is 2.05. The van der Waals surface area contributed by atoms with Crippen LogP contribution in [0.2, 0.25) is 0 Å². The number of halogens is 1. The van der Waals surface area contributed by atoms with Crippen molar-refractivity contribution in [2.45, 2.75) is 68.7 Å². The Morgan fingerprint density at radius 1 is 1.26 bits per heavy atom. The predicted octanol–water partition coefficient (Wildman–Crippen LogP) is 5.37. The summed E-state index contributed by atoms with van der Waals surface area (Å²) in [5.41, 5.74) is 1.44. The minimum absolute atomic E-state index is 0.538. The molecule has 0 aliphatic heterocycles. The van der Waals surface area contributed by atoms with Crippen LogP contribution in [0.4, 0.5) is 0 Å². The lowest BCUT2D eigenvalue weighted by molar-refractivity contribution is 0.516. The highest BCUT2D eigenvalue weighted by molar-refractivity contribution is 9.10. The van der Waals surface area contributed by atoms with Gasteiger partial charge in [-0.3, -0.25) is 0 Å². The maximum atomic E-state index is 3.61. The van der Waals surface area contributed by atoms with Gasteiger partial charge in [0.15, 0.2) is 0 Å². The van der Waals surface area contributed by atoms with Crippen molar-refractivity contribution in [3.8, 4) is 0 Å². The van der Waals surface area contributed by atoms with E-state index in [1.165, 1.54) is 47.0 Å². The molecule has 1 saturated carbocycles. The molecule has 1 aromatic carbocycles. The van der Waals surface area contributed by atoms with Crippen LogP contribution in [-0.4, -0.2) is 11.3 Å². The molecule has 1 fully saturated rings. The highest BCUT2D eigenvalue weighted by Crippen LogP contribution is 2.36. The standard InChI is InChI=1S/C16H24BrNS/c1-12(2)18-11-13-8-9-14(17)10-16(13)19-15-6-4-3-5-7-15/h8-10,12,15,18H,3-7,11H2,1-2H3. The van der Waals surface area contributed by atoms with Gasteiger partial charge >= 0.3 is 0 Å². The lowest BCUT2D eigenvalue weighted by Gasteiger charge is -2.22. The first kappa shape index (κ1) is 15.4. The Kier molecular flexibility index (Phi) is 6.24. The monoisotopic (exact) mass is 341 g/mol. The molecular weight excluding hydrogens is 318 g/mol. The Hall–Kier alpha value is 0.01000. The summed E-state index contributed by atoms with van der Waals surface area (Å²) >= 11 is 5.69. The molecule has 0 amide bonds. The summed E-state index contributed by atoms with van der Waals surface area (Å²) in [5.74, 6) is 0. The van der Waals surface area contributed by atoms with E-state index in [9.17, 15) is 0 Å². The molecule has 106 valence electrons. The summed E-state index contributed by atoms with van der Waals surface area (Å²) in [6.45, 7) is 5.37. The maximum Gasteiger partial charge on any atom is 0.0218 e. The average molecular weight is 342 g/mol. The largest absolute Gasteiger partial charge is 0.310 e. The molecule has 0 radical (unpaired) electrons. The highest BCUT2D eigenvalue weighted by atomic mass is 79.9. The lowest BCUT2D eigenvalue weighted by atomic mass is 10.0. The molecule has 0 heterocycles. The Morgan fingerprint density at radius 2 is 2.00 bits per heavy atom. The highest BCUT2D eigenvalue weighted by Gasteiger charge is 2.16. The van der Waals surface area contributed by atoms with Crippen LogP contribution in [0.15, 0.2) is 27.6 Å². The summed E-state index contributed by atoms with van der Waals surface area (Å²) in [6, 6.07) is 7.24. The first-order valence-corrected chi connectivity index (χ1v) is 9.01. The molecule has 0 aromatic heterocycles. The van der Waals surface area contributed by atoms with E-state index in [4.69, 9.17) is 0 Å². The van der Waals surface area contributed by atoms with E-state index >= 15 is 0 Å². The second-order valence-corrected chi connectivity index (χ2v) is 7.92. The van der Waals surface area contributed by atoms with Gasteiger partial charge in [-0.2, -0.15) is 0 Å². The first-order valence-electron chi connectivity index (χ1n) is 7.33. The predicted molar refractivity (Wildman–Crippen MR) is 88.8 cm³/mol. The van der Waals surface area contributed by atoms with E-state index in [0.717, 1.165) is 11.8 Å². The van der Waals surface area contributed by atoms with E-state index < -0.39 is 0 Å². The molecular formula is C16H24BrNS. The van der Waals surface area contributed by atoms with Crippen molar-refractivity contribution >= 4 is 27.7 Å². The van der Waals surface area contributed by atoms with Gasteiger partial charge in [-0.05, 0) is 30.5 Å². The van der Waals surface area contributed by atoms with E-state index in [1.807, 2.05) is 0 Å². The summed E-state index contributed by atoms with van der Waals surface area (Å²) in [7, 11) is 0. The first-order chi connectivity index (χ1) is 9.15. The van der Waals surface area contributed by atoms with Crippen LogP contribution >= 0.6 is 27.7 Å². The smallest absolute Gasteiger partial charge is 0.0218 e. The normalized spacial score (nSPS) is 17.1. The Morgan fingerprint density at radius 3 is 2.68 bits per heavy atom. The fourth-order valence-corrected chi connectivity index (χ4v) is 4.39. The molecule has 0 spiro atoms. The second kappa shape index (κ2) is 7.70. The second-order valence-electron chi connectivity index (χ2n) is 5.67.